The summed E-state index contributed by atoms with van der Waals surface area (Å²) in [6.45, 7) is 0. The highest BCUT2D eigenvalue weighted by atomic mass is 35.5. The summed E-state index contributed by atoms with van der Waals surface area (Å²) in [5.74, 6) is -1.11. The molecule has 0 unspecified atom stereocenters. The fraction of sp³-hybridized carbons (Fsp3) is 0.182. The molecule has 0 radical (unpaired) electrons. The van der Waals surface area contributed by atoms with E-state index in [0.29, 0.717) is 0 Å². The average Bonchev–Trinajstić information content (AvgIpc) is 2.74. The Morgan fingerprint density at radius 2 is 2.10 bits per heavy atom. The average molecular weight is 306 g/mol. The van der Waals surface area contributed by atoms with E-state index in [1.807, 2.05) is 0 Å². The summed E-state index contributed by atoms with van der Waals surface area (Å²) >= 11 is 5.80. The molecule has 0 spiro atoms. The summed E-state index contributed by atoms with van der Waals surface area (Å²) in [5, 5.41) is 15.7. The summed E-state index contributed by atoms with van der Waals surface area (Å²) < 4.78 is 38.7. The molecule has 0 fully saturated rings. The minimum atomic E-state index is -4.51. The van der Waals surface area contributed by atoms with Crippen LogP contribution in [0.3, 0.4) is 0 Å². The maximum Gasteiger partial charge on any atom is 0.416 e. The lowest BCUT2D eigenvalue weighted by Crippen LogP contribution is -2.10. The number of carbonyl (C=O) groups is 1. The summed E-state index contributed by atoms with van der Waals surface area (Å²) in [6.07, 6.45) is -3.67. The van der Waals surface area contributed by atoms with Crippen molar-refractivity contribution in [2.75, 3.05) is 0 Å². The van der Waals surface area contributed by atoms with Crippen LogP contribution in [0.1, 0.15) is 11.3 Å². The van der Waals surface area contributed by atoms with Crippen molar-refractivity contribution in [3.05, 3.63) is 40.7 Å². The SMILES string of the molecule is O=C(O)Cc1cnnn1-c1ccc(C(F)(F)F)cc1Cl. The lowest BCUT2D eigenvalue weighted by atomic mass is 10.2. The number of rotatable bonds is 3. The first-order valence-corrected chi connectivity index (χ1v) is 5.65. The molecule has 106 valence electrons. The molecule has 1 aromatic carbocycles. The van der Waals surface area contributed by atoms with Crippen LogP contribution < -0.4 is 0 Å². The Hall–Kier alpha value is -2.09. The zero-order valence-corrected chi connectivity index (χ0v) is 10.5. The zero-order chi connectivity index (χ0) is 14.9. The van der Waals surface area contributed by atoms with E-state index in [0.717, 1.165) is 22.9 Å². The van der Waals surface area contributed by atoms with Crippen LogP contribution in [0.5, 0.6) is 0 Å². The Morgan fingerprint density at radius 1 is 1.40 bits per heavy atom. The second kappa shape index (κ2) is 5.12. The van der Waals surface area contributed by atoms with Gasteiger partial charge in [-0.2, -0.15) is 13.2 Å². The standard InChI is InChI=1S/C11H7ClF3N3O2/c12-8-3-6(11(13,14)15)1-2-9(8)18-7(4-10(19)20)5-16-17-18/h1-3,5H,4H2,(H,19,20). The molecule has 0 amide bonds. The third-order valence-electron chi connectivity index (χ3n) is 2.46. The lowest BCUT2D eigenvalue weighted by molar-refractivity contribution is -0.138. The number of nitrogens with zero attached hydrogens (tertiary/aromatic N) is 3. The maximum absolute atomic E-state index is 12.5. The molecular weight excluding hydrogens is 299 g/mol. The fourth-order valence-corrected chi connectivity index (χ4v) is 1.85. The van der Waals surface area contributed by atoms with Gasteiger partial charge in [0.2, 0.25) is 0 Å². The summed E-state index contributed by atoms with van der Waals surface area (Å²) in [4.78, 5) is 10.7. The number of aliphatic carboxylic acids is 1. The molecule has 20 heavy (non-hydrogen) atoms. The predicted molar refractivity (Wildman–Crippen MR) is 62.7 cm³/mol. The highest BCUT2D eigenvalue weighted by Crippen LogP contribution is 2.33. The van der Waals surface area contributed by atoms with E-state index in [4.69, 9.17) is 16.7 Å². The number of carboxylic acid groups (broad SMARTS) is 1. The topological polar surface area (TPSA) is 68.0 Å². The molecular formula is C11H7ClF3N3O2. The van der Waals surface area contributed by atoms with Crippen molar-refractivity contribution in [1.29, 1.82) is 0 Å². The van der Waals surface area contributed by atoms with Gasteiger partial charge in [0, 0.05) is 0 Å². The van der Waals surface area contributed by atoms with Crippen LogP contribution in [0.4, 0.5) is 13.2 Å². The van der Waals surface area contributed by atoms with Crippen LogP contribution in [0.25, 0.3) is 5.69 Å². The van der Waals surface area contributed by atoms with Gasteiger partial charge in [-0.15, -0.1) is 5.10 Å². The van der Waals surface area contributed by atoms with Crippen molar-refractivity contribution in [3.63, 3.8) is 0 Å². The number of hydrogen-bond donors (Lipinski definition) is 1. The van der Waals surface area contributed by atoms with Gasteiger partial charge in [-0.25, -0.2) is 4.68 Å². The summed E-state index contributed by atoms with van der Waals surface area (Å²) in [7, 11) is 0. The van der Waals surface area contributed by atoms with E-state index in [-0.39, 0.29) is 22.8 Å². The van der Waals surface area contributed by atoms with Gasteiger partial charge >= 0.3 is 12.1 Å². The highest BCUT2D eigenvalue weighted by Gasteiger charge is 2.31. The van der Waals surface area contributed by atoms with E-state index in [2.05, 4.69) is 10.3 Å². The van der Waals surface area contributed by atoms with Crippen LogP contribution >= 0.6 is 11.6 Å². The molecule has 0 saturated carbocycles. The first-order chi connectivity index (χ1) is 9.29. The molecule has 2 rings (SSSR count). The van der Waals surface area contributed by atoms with Gasteiger partial charge in [0.25, 0.3) is 0 Å². The number of carboxylic acids is 1. The Bertz CT molecular complexity index is 655. The molecule has 5 nitrogen and oxygen atoms in total. The van der Waals surface area contributed by atoms with Crippen LogP contribution in [0.15, 0.2) is 24.4 Å². The van der Waals surface area contributed by atoms with Crippen LogP contribution in [-0.2, 0) is 17.4 Å². The van der Waals surface area contributed by atoms with Gasteiger partial charge in [-0.3, -0.25) is 4.79 Å². The van der Waals surface area contributed by atoms with Crippen molar-refractivity contribution in [1.82, 2.24) is 15.0 Å². The van der Waals surface area contributed by atoms with Crippen molar-refractivity contribution < 1.29 is 23.1 Å². The van der Waals surface area contributed by atoms with Crippen molar-refractivity contribution in [3.8, 4) is 5.69 Å². The van der Waals surface area contributed by atoms with Gasteiger partial charge in [0.1, 0.15) is 0 Å². The van der Waals surface area contributed by atoms with Crippen molar-refractivity contribution >= 4 is 17.6 Å². The minimum Gasteiger partial charge on any atom is -0.481 e. The summed E-state index contributed by atoms with van der Waals surface area (Å²) in [5.41, 5.74) is -0.557. The number of benzene rings is 1. The normalized spacial score (nSPS) is 11.6. The zero-order valence-electron chi connectivity index (χ0n) is 9.73. The van der Waals surface area contributed by atoms with Crippen LogP contribution in [-0.4, -0.2) is 26.1 Å². The first-order valence-electron chi connectivity index (χ1n) is 5.27. The van der Waals surface area contributed by atoms with Crippen molar-refractivity contribution in [2.24, 2.45) is 0 Å². The Labute approximate surface area is 115 Å². The maximum atomic E-state index is 12.5. The van der Waals surface area contributed by atoms with E-state index >= 15 is 0 Å². The quantitative estimate of drug-likeness (QED) is 0.946. The molecule has 0 aliphatic rings. The number of halogens is 4. The third-order valence-corrected chi connectivity index (χ3v) is 2.76. The number of aromatic nitrogens is 3. The first kappa shape index (κ1) is 14.3. The second-order valence-corrected chi connectivity index (χ2v) is 4.28. The molecule has 1 aromatic heterocycles. The van der Waals surface area contributed by atoms with Crippen molar-refractivity contribution in [2.45, 2.75) is 12.6 Å². The Morgan fingerprint density at radius 3 is 2.65 bits per heavy atom. The van der Waals surface area contributed by atoms with Gasteiger partial charge in [-0.05, 0) is 18.2 Å². The molecule has 2 aromatic rings. The summed E-state index contributed by atoms with van der Waals surface area (Å²) in [6, 6.07) is 2.71. The molecule has 0 atom stereocenters. The molecule has 0 aliphatic carbocycles. The van der Waals surface area contributed by atoms with Crippen LogP contribution in [0, 0.1) is 0 Å². The molecule has 0 bridgehead atoms. The van der Waals surface area contributed by atoms with Crippen LogP contribution in [0.2, 0.25) is 5.02 Å². The highest BCUT2D eigenvalue weighted by molar-refractivity contribution is 6.32. The third kappa shape index (κ3) is 2.90. The van der Waals surface area contributed by atoms with Gasteiger partial charge in [0.05, 0.1) is 34.6 Å². The molecule has 0 saturated heterocycles. The lowest BCUT2D eigenvalue weighted by Gasteiger charge is -2.11. The minimum absolute atomic E-state index is 0.133. The Balaban J connectivity index is 2.44. The van der Waals surface area contributed by atoms with E-state index < -0.39 is 17.7 Å². The van der Waals surface area contributed by atoms with Gasteiger partial charge in [-0.1, -0.05) is 16.8 Å². The predicted octanol–water partition coefficient (Wildman–Crippen LogP) is 2.57. The monoisotopic (exact) mass is 305 g/mol. The largest absolute Gasteiger partial charge is 0.481 e. The smallest absolute Gasteiger partial charge is 0.416 e. The fourth-order valence-electron chi connectivity index (χ4n) is 1.59. The van der Waals surface area contributed by atoms with E-state index in [1.54, 1.807) is 0 Å². The molecule has 0 aliphatic heterocycles. The number of alkyl halides is 3. The molecule has 9 heteroatoms. The Kier molecular flexibility index (Phi) is 3.67. The van der Waals surface area contributed by atoms with Gasteiger partial charge in [0.15, 0.2) is 0 Å². The second-order valence-electron chi connectivity index (χ2n) is 3.87. The van der Waals surface area contributed by atoms with E-state index in [1.165, 1.54) is 6.20 Å². The van der Waals surface area contributed by atoms with Gasteiger partial charge < -0.3 is 5.11 Å². The number of hydrogen-bond acceptors (Lipinski definition) is 3. The molecule has 1 heterocycles. The van der Waals surface area contributed by atoms with E-state index in [9.17, 15) is 18.0 Å². The molecule has 1 N–H and O–H groups in total.